The second kappa shape index (κ2) is 9.12. The van der Waals surface area contributed by atoms with Crippen molar-refractivity contribution in [2.24, 2.45) is 5.92 Å². The van der Waals surface area contributed by atoms with Crippen molar-refractivity contribution >= 4 is 17.7 Å². The zero-order chi connectivity index (χ0) is 20.0. The van der Waals surface area contributed by atoms with Gasteiger partial charge in [0.15, 0.2) is 5.78 Å². The van der Waals surface area contributed by atoms with E-state index in [9.17, 15) is 19.5 Å². The molecule has 0 aromatic heterocycles. The monoisotopic (exact) mass is 367 g/mol. The molecule has 0 aliphatic rings. The van der Waals surface area contributed by atoms with Gasteiger partial charge in [-0.1, -0.05) is 68.4 Å². The average Bonchev–Trinajstić information content (AvgIpc) is 2.67. The van der Waals surface area contributed by atoms with Crippen molar-refractivity contribution < 1.29 is 19.5 Å². The van der Waals surface area contributed by atoms with Gasteiger partial charge in [0.05, 0.1) is 5.92 Å². The van der Waals surface area contributed by atoms with Gasteiger partial charge >= 0.3 is 5.97 Å². The van der Waals surface area contributed by atoms with E-state index in [-0.39, 0.29) is 24.0 Å². The Hall–Kier alpha value is -2.95. The zero-order valence-corrected chi connectivity index (χ0v) is 15.8. The van der Waals surface area contributed by atoms with E-state index in [0.717, 1.165) is 11.1 Å². The number of hydrogen-bond donors (Lipinski definition) is 2. The Morgan fingerprint density at radius 2 is 1.52 bits per heavy atom. The number of carboxylic acid groups (broad SMARTS) is 1. The predicted octanol–water partition coefficient (Wildman–Crippen LogP) is 3.44. The van der Waals surface area contributed by atoms with E-state index in [1.54, 1.807) is 31.2 Å². The lowest BCUT2D eigenvalue weighted by Gasteiger charge is -2.18. The van der Waals surface area contributed by atoms with Crippen LogP contribution >= 0.6 is 0 Å². The molecule has 2 atom stereocenters. The summed E-state index contributed by atoms with van der Waals surface area (Å²) in [7, 11) is 0. The number of nitrogens with one attached hydrogen (secondary N) is 1. The first-order valence-electron chi connectivity index (χ1n) is 9.01. The molecule has 0 bridgehead atoms. The van der Waals surface area contributed by atoms with Gasteiger partial charge in [0.1, 0.15) is 6.04 Å². The predicted molar refractivity (Wildman–Crippen MR) is 104 cm³/mol. The molecule has 0 aliphatic carbocycles. The molecular formula is C22H25NO4. The minimum atomic E-state index is -1.07. The highest BCUT2D eigenvalue weighted by Gasteiger charge is 2.24. The number of carbonyl (C=O) groups excluding carboxylic acids is 2. The van der Waals surface area contributed by atoms with Crippen LogP contribution in [0.15, 0.2) is 54.6 Å². The van der Waals surface area contributed by atoms with Crippen molar-refractivity contribution in [2.75, 3.05) is 0 Å². The maximum atomic E-state index is 12.5. The quantitative estimate of drug-likeness (QED) is 0.700. The van der Waals surface area contributed by atoms with Gasteiger partial charge in [0.25, 0.3) is 0 Å². The van der Waals surface area contributed by atoms with Crippen LogP contribution in [0.4, 0.5) is 0 Å². The molecule has 0 aliphatic heterocycles. The molecule has 1 unspecified atom stereocenters. The number of ketones is 1. The van der Waals surface area contributed by atoms with Gasteiger partial charge in [-0.2, -0.15) is 0 Å². The molecule has 0 saturated carbocycles. The van der Waals surface area contributed by atoms with Crippen molar-refractivity contribution in [2.45, 2.75) is 39.2 Å². The van der Waals surface area contributed by atoms with E-state index in [2.05, 4.69) is 5.32 Å². The Kier molecular flexibility index (Phi) is 6.88. The van der Waals surface area contributed by atoms with Crippen LogP contribution in [0.2, 0.25) is 0 Å². The molecule has 2 rings (SSSR count). The van der Waals surface area contributed by atoms with Crippen molar-refractivity contribution in [1.82, 2.24) is 5.32 Å². The number of carboxylic acids is 1. The summed E-state index contributed by atoms with van der Waals surface area (Å²) in [6.07, 6.45) is 0.219. The number of aliphatic carboxylic acids is 1. The van der Waals surface area contributed by atoms with E-state index >= 15 is 0 Å². The van der Waals surface area contributed by atoms with Crippen LogP contribution in [-0.4, -0.2) is 28.8 Å². The molecule has 0 fully saturated rings. The molecule has 5 nitrogen and oxygen atoms in total. The largest absolute Gasteiger partial charge is 0.480 e. The third-order valence-corrected chi connectivity index (χ3v) is 4.51. The molecule has 2 aromatic carbocycles. The summed E-state index contributed by atoms with van der Waals surface area (Å²) < 4.78 is 0. The first-order chi connectivity index (χ1) is 12.8. The average molecular weight is 367 g/mol. The van der Waals surface area contributed by atoms with Crippen molar-refractivity contribution in [3.63, 3.8) is 0 Å². The molecule has 0 radical (unpaired) electrons. The Labute approximate surface area is 159 Å². The van der Waals surface area contributed by atoms with Crippen LogP contribution in [0.5, 0.6) is 0 Å². The summed E-state index contributed by atoms with van der Waals surface area (Å²) in [6.45, 7) is 5.40. The highest BCUT2D eigenvalue weighted by Crippen LogP contribution is 2.18. The van der Waals surface area contributed by atoms with E-state index < -0.39 is 17.9 Å². The molecule has 2 aromatic rings. The Balaban J connectivity index is 2.06. The number of carbonyl (C=O) groups is 3. The van der Waals surface area contributed by atoms with Gasteiger partial charge in [-0.15, -0.1) is 0 Å². The molecule has 5 heteroatoms. The first kappa shape index (κ1) is 20.4. The number of amides is 1. The van der Waals surface area contributed by atoms with E-state index in [1.807, 2.05) is 44.2 Å². The summed E-state index contributed by atoms with van der Waals surface area (Å²) in [6, 6.07) is 15.1. The molecule has 0 heterocycles. The normalized spacial score (nSPS) is 13.0. The van der Waals surface area contributed by atoms with Gasteiger partial charge in [-0.05, 0) is 18.1 Å². The smallest absolute Gasteiger partial charge is 0.326 e. The van der Waals surface area contributed by atoms with Gasteiger partial charge in [-0.25, -0.2) is 4.79 Å². The van der Waals surface area contributed by atoms with Gasteiger partial charge < -0.3 is 10.4 Å². The summed E-state index contributed by atoms with van der Waals surface area (Å²) in [5.74, 6) is -2.00. The summed E-state index contributed by atoms with van der Waals surface area (Å²) in [5, 5.41) is 12.0. The number of hydrogen-bond acceptors (Lipinski definition) is 3. The fourth-order valence-corrected chi connectivity index (χ4v) is 2.77. The second-order valence-electron chi connectivity index (χ2n) is 6.95. The highest BCUT2D eigenvalue weighted by molar-refractivity contribution is 5.97. The van der Waals surface area contributed by atoms with Crippen LogP contribution in [0, 0.1) is 5.92 Å². The van der Waals surface area contributed by atoms with E-state index in [0.29, 0.717) is 5.56 Å². The van der Waals surface area contributed by atoms with Crippen LogP contribution < -0.4 is 5.32 Å². The standard InChI is InChI=1S/C22H25NO4/c1-14(2)20(24)18-11-9-17(10-12-18)15(3)21(25)23-19(22(26)27)13-16-7-5-4-6-8-16/h4-12,14-15,19H,13H2,1-3H3,(H,23,25)(H,26,27)/t15?,19-/m0/s1. The van der Waals surface area contributed by atoms with Crippen LogP contribution in [0.25, 0.3) is 0 Å². The topological polar surface area (TPSA) is 83.5 Å². The maximum Gasteiger partial charge on any atom is 0.326 e. The maximum absolute atomic E-state index is 12.5. The lowest BCUT2D eigenvalue weighted by atomic mass is 9.95. The van der Waals surface area contributed by atoms with Crippen LogP contribution in [-0.2, 0) is 16.0 Å². The van der Waals surface area contributed by atoms with Gasteiger partial charge in [0, 0.05) is 17.9 Å². The summed E-state index contributed by atoms with van der Waals surface area (Å²) >= 11 is 0. The lowest BCUT2D eigenvalue weighted by Crippen LogP contribution is -2.44. The minimum Gasteiger partial charge on any atom is -0.480 e. The fourth-order valence-electron chi connectivity index (χ4n) is 2.77. The SMILES string of the molecule is CC(C)C(=O)c1ccc(C(C)C(=O)N[C@@H](Cc2ccccc2)C(=O)O)cc1. The third kappa shape index (κ3) is 5.51. The molecule has 142 valence electrons. The Morgan fingerprint density at radius 3 is 2.04 bits per heavy atom. The molecule has 0 spiro atoms. The van der Waals surface area contributed by atoms with Crippen LogP contribution in [0.3, 0.4) is 0 Å². The lowest BCUT2D eigenvalue weighted by molar-refractivity contribution is -0.141. The first-order valence-corrected chi connectivity index (χ1v) is 9.01. The molecule has 0 saturated heterocycles. The number of Topliss-reactive ketones (excluding diaryl/α,β-unsaturated/α-hetero) is 1. The zero-order valence-electron chi connectivity index (χ0n) is 15.8. The van der Waals surface area contributed by atoms with Crippen molar-refractivity contribution in [3.05, 3.63) is 71.3 Å². The molecule has 2 N–H and O–H groups in total. The Bertz CT molecular complexity index is 797. The van der Waals surface area contributed by atoms with Crippen LogP contribution in [0.1, 0.15) is 48.2 Å². The van der Waals surface area contributed by atoms with Gasteiger partial charge in [-0.3, -0.25) is 9.59 Å². The second-order valence-corrected chi connectivity index (χ2v) is 6.95. The number of rotatable bonds is 8. The van der Waals surface area contributed by atoms with E-state index in [4.69, 9.17) is 0 Å². The highest BCUT2D eigenvalue weighted by atomic mass is 16.4. The fraction of sp³-hybridized carbons (Fsp3) is 0.318. The van der Waals surface area contributed by atoms with Crippen molar-refractivity contribution in [3.8, 4) is 0 Å². The number of benzene rings is 2. The minimum absolute atomic E-state index is 0.0486. The third-order valence-electron chi connectivity index (χ3n) is 4.51. The van der Waals surface area contributed by atoms with E-state index in [1.165, 1.54) is 0 Å². The summed E-state index contributed by atoms with van der Waals surface area (Å²) in [5.41, 5.74) is 2.18. The molecule has 27 heavy (non-hydrogen) atoms. The molecular weight excluding hydrogens is 342 g/mol. The van der Waals surface area contributed by atoms with Gasteiger partial charge in [0.2, 0.25) is 5.91 Å². The Morgan fingerprint density at radius 1 is 0.926 bits per heavy atom. The summed E-state index contributed by atoms with van der Waals surface area (Å²) in [4.78, 5) is 36.1. The molecule has 1 amide bonds. The van der Waals surface area contributed by atoms with Crippen molar-refractivity contribution in [1.29, 1.82) is 0 Å².